The summed E-state index contributed by atoms with van der Waals surface area (Å²) in [7, 11) is 3.16. The Morgan fingerprint density at radius 3 is 2.66 bits per heavy atom. The van der Waals surface area contributed by atoms with Crippen molar-refractivity contribution in [2.24, 2.45) is 0 Å². The summed E-state index contributed by atoms with van der Waals surface area (Å²) >= 11 is 3.39. The molecule has 0 bridgehead atoms. The number of carbonyl (C=O) groups excluding carboxylic acids is 2. The molecule has 2 aromatic rings. The van der Waals surface area contributed by atoms with E-state index in [0.717, 1.165) is 34.9 Å². The summed E-state index contributed by atoms with van der Waals surface area (Å²) < 4.78 is 16.6. The van der Waals surface area contributed by atoms with Gasteiger partial charge < -0.3 is 19.5 Å². The molecule has 1 aliphatic heterocycles. The van der Waals surface area contributed by atoms with Crippen LogP contribution in [0.25, 0.3) is 0 Å². The Labute approximate surface area is 214 Å². The third-order valence-corrected chi connectivity index (χ3v) is 8.30. The van der Waals surface area contributed by atoms with E-state index in [1.807, 2.05) is 36.6 Å². The van der Waals surface area contributed by atoms with Crippen LogP contribution in [0, 0.1) is 0 Å². The Morgan fingerprint density at radius 1 is 1.17 bits per heavy atom. The van der Waals surface area contributed by atoms with Crippen molar-refractivity contribution in [1.29, 1.82) is 0 Å². The molecule has 4 rings (SSSR count). The highest BCUT2D eigenvalue weighted by Crippen LogP contribution is 2.47. The predicted molar refractivity (Wildman–Crippen MR) is 140 cm³/mol. The van der Waals surface area contributed by atoms with E-state index < -0.39 is 11.9 Å². The van der Waals surface area contributed by atoms with Crippen LogP contribution in [0.5, 0.6) is 11.5 Å². The van der Waals surface area contributed by atoms with Gasteiger partial charge in [-0.05, 0) is 48.2 Å². The standard InChI is InChI=1S/C27H31NO5S2/c1-5-34-12-10-33-27(30)24-16(2)28-19-13-18(23-7-6-11-35-23)14-20(29)26(19)25(24)17-8-9-21(31-3)22(15-17)32-4/h6-9,11,15,18,25,28H,5,10,12-14H2,1-4H3/t18-,25-/m1/s1. The monoisotopic (exact) mass is 513 g/mol. The number of thioether (sulfide) groups is 1. The Kier molecular flexibility index (Phi) is 8.23. The van der Waals surface area contributed by atoms with Gasteiger partial charge in [-0.15, -0.1) is 11.3 Å². The summed E-state index contributed by atoms with van der Waals surface area (Å²) in [6.45, 7) is 4.28. The van der Waals surface area contributed by atoms with Crippen LogP contribution in [0.4, 0.5) is 0 Å². The van der Waals surface area contributed by atoms with E-state index in [-0.39, 0.29) is 11.7 Å². The first kappa shape index (κ1) is 25.4. The Balaban J connectivity index is 1.76. The number of allylic oxidation sites excluding steroid dienone is 3. The first-order chi connectivity index (χ1) is 17.0. The SMILES string of the molecule is CCSCCOC(=O)C1=C(C)NC2=C(C(=O)C[C@H](c3cccs3)C2)[C@@H]1c1ccc(OC)c(OC)c1. The fourth-order valence-electron chi connectivity index (χ4n) is 4.82. The van der Waals surface area contributed by atoms with E-state index in [9.17, 15) is 9.59 Å². The highest BCUT2D eigenvalue weighted by Gasteiger charge is 2.41. The third kappa shape index (κ3) is 5.28. The number of dihydropyridines is 1. The molecule has 1 N–H and O–H groups in total. The number of thiophene rings is 1. The molecule has 186 valence electrons. The van der Waals surface area contributed by atoms with Gasteiger partial charge in [0, 0.05) is 45.9 Å². The zero-order chi connectivity index (χ0) is 24.9. The number of hydrogen-bond donors (Lipinski definition) is 1. The molecule has 0 amide bonds. The normalized spacial score (nSPS) is 19.8. The minimum Gasteiger partial charge on any atom is -0.493 e. The summed E-state index contributed by atoms with van der Waals surface area (Å²) in [5.41, 5.74) is 3.52. The summed E-state index contributed by atoms with van der Waals surface area (Å²) in [5, 5.41) is 5.45. The number of ether oxygens (including phenoxy) is 3. The zero-order valence-corrected chi connectivity index (χ0v) is 22.1. The molecule has 0 unspecified atom stereocenters. The zero-order valence-electron chi connectivity index (χ0n) is 20.5. The van der Waals surface area contributed by atoms with Gasteiger partial charge in [0.15, 0.2) is 17.3 Å². The lowest BCUT2D eigenvalue weighted by Crippen LogP contribution is -2.36. The second-order valence-electron chi connectivity index (χ2n) is 8.48. The summed E-state index contributed by atoms with van der Waals surface area (Å²) in [6, 6.07) is 9.67. The molecule has 2 atom stereocenters. The van der Waals surface area contributed by atoms with E-state index in [0.29, 0.717) is 35.7 Å². The van der Waals surface area contributed by atoms with Gasteiger partial charge in [0.25, 0.3) is 0 Å². The fourth-order valence-corrected chi connectivity index (χ4v) is 6.14. The second kappa shape index (κ2) is 11.4. The quantitative estimate of drug-likeness (QED) is 0.354. The Hall–Kier alpha value is -2.71. The van der Waals surface area contributed by atoms with Crippen molar-refractivity contribution in [2.45, 2.75) is 38.5 Å². The van der Waals surface area contributed by atoms with Gasteiger partial charge in [-0.1, -0.05) is 19.1 Å². The number of rotatable bonds is 9. The topological polar surface area (TPSA) is 73.9 Å². The molecular formula is C27H31NO5S2. The molecular weight excluding hydrogens is 482 g/mol. The van der Waals surface area contributed by atoms with Crippen LogP contribution >= 0.6 is 23.1 Å². The van der Waals surface area contributed by atoms with Crippen LogP contribution in [-0.2, 0) is 14.3 Å². The molecule has 0 saturated carbocycles. The van der Waals surface area contributed by atoms with Crippen molar-refractivity contribution in [3.05, 3.63) is 68.7 Å². The van der Waals surface area contributed by atoms with Gasteiger partial charge in [0.2, 0.25) is 0 Å². The molecule has 0 spiro atoms. The van der Waals surface area contributed by atoms with Crippen LogP contribution in [-0.4, -0.2) is 44.1 Å². The van der Waals surface area contributed by atoms with Crippen LogP contribution in [0.2, 0.25) is 0 Å². The van der Waals surface area contributed by atoms with Crippen molar-refractivity contribution in [2.75, 3.05) is 32.3 Å². The van der Waals surface area contributed by atoms with Crippen LogP contribution < -0.4 is 14.8 Å². The van der Waals surface area contributed by atoms with Gasteiger partial charge in [-0.25, -0.2) is 4.79 Å². The lowest BCUT2D eigenvalue weighted by molar-refractivity contribution is -0.138. The molecule has 1 aromatic carbocycles. The number of benzene rings is 1. The number of hydrogen-bond acceptors (Lipinski definition) is 8. The van der Waals surface area contributed by atoms with Crippen LogP contribution in [0.1, 0.15) is 49.0 Å². The minimum atomic E-state index is -0.533. The van der Waals surface area contributed by atoms with Gasteiger partial charge >= 0.3 is 5.97 Å². The number of ketones is 1. The van der Waals surface area contributed by atoms with Crippen molar-refractivity contribution < 1.29 is 23.8 Å². The highest BCUT2D eigenvalue weighted by molar-refractivity contribution is 7.99. The lowest BCUT2D eigenvalue weighted by atomic mass is 9.72. The maximum absolute atomic E-state index is 13.6. The van der Waals surface area contributed by atoms with Gasteiger partial charge in [0.05, 0.1) is 19.8 Å². The molecule has 2 aliphatic rings. The highest BCUT2D eigenvalue weighted by atomic mass is 32.2. The number of nitrogens with one attached hydrogen (secondary N) is 1. The lowest BCUT2D eigenvalue weighted by Gasteiger charge is -2.36. The molecule has 0 saturated heterocycles. The average Bonchev–Trinajstić information content (AvgIpc) is 3.40. The van der Waals surface area contributed by atoms with Crippen LogP contribution in [0.15, 0.2) is 58.3 Å². The predicted octanol–water partition coefficient (Wildman–Crippen LogP) is 5.42. The summed E-state index contributed by atoms with van der Waals surface area (Å²) in [5.74, 6) is 2.09. The number of methoxy groups -OCH3 is 2. The first-order valence-corrected chi connectivity index (χ1v) is 13.8. The van der Waals surface area contributed by atoms with Crippen molar-refractivity contribution in [1.82, 2.24) is 5.32 Å². The van der Waals surface area contributed by atoms with Gasteiger partial charge in [0.1, 0.15) is 6.61 Å². The molecule has 1 aromatic heterocycles. The van der Waals surface area contributed by atoms with Crippen molar-refractivity contribution in [3.8, 4) is 11.5 Å². The van der Waals surface area contributed by atoms with Crippen molar-refractivity contribution >= 4 is 34.9 Å². The Morgan fingerprint density at radius 2 is 1.97 bits per heavy atom. The molecule has 0 fully saturated rings. The van der Waals surface area contributed by atoms with Gasteiger partial charge in [-0.3, -0.25) is 4.79 Å². The maximum Gasteiger partial charge on any atom is 0.336 e. The number of esters is 1. The third-order valence-electron chi connectivity index (χ3n) is 6.40. The van der Waals surface area contributed by atoms with Crippen LogP contribution in [0.3, 0.4) is 0 Å². The smallest absolute Gasteiger partial charge is 0.336 e. The average molecular weight is 514 g/mol. The first-order valence-electron chi connectivity index (χ1n) is 11.7. The number of carbonyl (C=O) groups is 2. The van der Waals surface area contributed by atoms with Crippen molar-refractivity contribution in [3.63, 3.8) is 0 Å². The molecule has 8 heteroatoms. The summed E-state index contributed by atoms with van der Waals surface area (Å²) in [4.78, 5) is 28.2. The molecule has 0 radical (unpaired) electrons. The second-order valence-corrected chi connectivity index (χ2v) is 10.9. The molecule has 2 heterocycles. The molecule has 35 heavy (non-hydrogen) atoms. The maximum atomic E-state index is 13.6. The van der Waals surface area contributed by atoms with E-state index >= 15 is 0 Å². The minimum absolute atomic E-state index is 0.0521. The van der Waals surface area contributed by atoms with E-state index in [4.69, 9.17) is 14.2 Å². The fraction of sp³-hybridized carbons (Fsp3) is 0.407. The summed E-state index contributed by atoms with van der Waals surface area (Å²) in [6.07, 6.45) is 1.14. The molecule has 6 nitrogen and oxygen atoms in total. The van der Waals surface area contributed by atoms with E-state index in [2.05, 4.69) is 18.3 Å². The van der Waals surface area contributed by atoms with E-state index in [1.54, 1.807) is 37.3 Å². The van der Waals surface area contributed by atoms with Gasteiger partial charge in [-0.2, -0.15) is 11.8 Å². The largest absolute Gasteiger partial charge is 0.493 e. The molecule has 1 aliphatic carbocycles. The Bertz CT molecular complexity index is 1150. The van der Waals surface area contributed by atoms with E-state index in [1.165, 1.54) is 4.88 Å². The number of Topliss-reactive ketones (excluding diaryl/α,β-unsaturated/α-hetero) is 1.